The van der Waals surface area contributed by atoms with E-state index in [2.05, 4.69) is 117 Å². The molecule has 0 aliphatic heterocycles. The van der Waals surface area contributed by atoms with Crippen molar-refractivity contribution in [2.45, 2.75) is 174 Å². The summed E-state index contributed by atoms with van der Waals surface area (Å²) in [5, 5.41) is 0. The number of carbonyl (C=O) groups excluding carboxylic acids is 2. The molecule has 0 radical (unpaired) electrons. The monoisotopic (exact) mass is 870 g/mol. The zero-order chi connectivity index (χ0) is 44.6. The van der Waals surface area contributed by atoms with Crippen molar-refractivity contribution in [2.24, 2.45) is 5.73 Å². The van der Waals surface area contributed by atoms with Gasteiger partial charge in [-0.15, -0.1) is 0 Å². The van der Waals surface area contributed by atoms with E-state index in [9.17, 15) is 19.0 Å². The molecule has 0 aromatic carbocycles. The number of carbonyl (C=O) groups is 2. The van der Waals surface area contributed by atoms with Crippen LogP contribution in [0.4, 0.5) is 0 Å². The van der Waals surface area contributed by atoms with Crippen LogP contribution in [0.25, 0.3) is 0 Å². The van der Waals surface area contributed by atoms with E-state index in [1.165, 1.54) is 51.4 Å². The van der Waals surface area contributed by atoms with Crippen LogP contribution < -0.4 is 5.73 Å². The van der Waals surface area contributed by atoms with Crippen molar-refractivity contribution in [1.29, 1.82) is 0 Å². The Balaban J connectivity index is 4.30. The van der Waals surface area contributed by atoms with Crippen molar-refractivity contribution in [2.75, 3.05) is 26.4 Å². The van der Waals surface area contributed by atoms with Crippen LogP contribution in [0.15, 0.2) is 109 Å². The lowest BCUT2D eigenvalue weighted by Crippen LogP contribution is -2.29. The maximum atomic E-state index is 12.6. The summed E-state index contributed by atoms with van der Waals surface area (Å²) in [5.41, 5.74) is 5.35. The number of nitrogens with two attached hydrogens (primary N) is 1. The molecule has 0 fully saturated rings. The molecule has 0 saturated heterocycles. The maximum Gasteiger partial charge on any atom is 0.472 e. The Kier molecular flexibility index (Phi) is 43.7. The summed E-state index contributed by atoms with van der Waals surface area (Å²) in [4.78, 5) is 34.9. The summed E-state index contributed by atoms with van der Waals surface area (Å²) in [7, 11) is -4.41. The average molecular weight is 870 g/mol. The van der Waals surface area contributed by atoms with Crippen molar-refractivity contribution in [3.05, 3.63) is 109 Å². The molecular formula is C51H84NO8P. The van der Waals surface area contributed by atoms with Gasteiger partial charge in [-0.25, -0.2) is 4.57 Å². The number of rotatable bonds is 42. The molecule has 346 valence electrons. The predicted octanol–water partition coefficient (Wildman–Crippen LogP) is 13.9. The van der Waals surface area contributed by atoms with Gasteiger partial charge in [0, 0.05) is 19.4 Å². The molecule has 0 bridgehead atoms. The molecule has 0 aromatic rings. The number of hydrogen-bond acceptors (Lipinski definition) is 8. The number of unbranched alkanes of at least 4 members (excludes halogenated alkanes) is 11. The van der Waals surface area contributed by atoms with E-state index in [1.54, 1.807) is 0 Å². The van der Waals surface area contributed by atoms with Crippen LogP contribution in [-0.4, -0.2) is 49.3 Å². The first-order valence-corrected chi connectivity index (χ1v) is 24.9. The third kappa shape index (κ3) is 46.0. The van der Waals surface area contributed by atoms with Crippen LogP contribution in [0.5, 0.6) is 0 Å². The molecule has 0 heterocycles. The molecular weight excluding hydrogens is 786 g/mol. The molecule has 0 rings (SSSR count). The third-order valence-electron chi connectivity index (χ3n) is 9.14. The van der Waals surface area contributed by atoms with Gasteiger partial charge in [0.25, 0.3) is 0 Å². The van der Waals surface area contributed by atoms with E-state index >= 15 is 0 Å². The summed E-state index contributed by atoms with van der Waals surface area (Å²) in [5.74, 6) is -0.942. The largest absolute Gasteiger partial charge is 0.472 e. The first-order valence-electron chi connectivity index (χ1n) is 23.4. The Bertz CT molecular complexity index is 1360. The predicted molar refractivity (Wildman–Crippen MR) is 256 cm³/mol. The standard InChI is InChI=1S/C51H84NO8P/c1-3-5-7-9-11-13-15-17-19-21-23-24-26-27-29-31-33-35-37-39-41-43-50(53)57-47-49(48-59-61(55,56)58-46-45-52)60-51(54)44-42-40-38-36-34-32-30-28-25-22-20-18-16-14-12-10-8-6-4-2/h6,8,12,14,18-21,24-26,28-29,31-32,34-35,37,49H,3-5,7,9-11,13,15-17,22-23,27,30,33,36,38-48,52H2,1-2H3,(H,55,56)/b8-6+,14-12+,20-18+,21-19+,26-24+,28-25+,31-29+,34-32+,37-35+/t49-/m1/s1. The average Bonchev–Trinajstić information content (AvgIpc) is 3.25. The van der Waals surface area contributed by atoms with Crippen LogP contribution in [0.3, 0.4) is 0 Å². The second-order valence-corrected chi connectivity index (χ2v) is 16.3. The van der Waals surface area contributed by atoms with Crippen LogP contribution in [-0.2, 0) is 32.7 Å². The van der Waals surface area contributed by atoms with Crippen molar-refractivity contribution >= 4 is 19.8 Å². The third-order valence-corrected chi connectivity index (χ3v) is 10.1. The van der Waals surface area contributed by atoms with E-state index in [0.717, 1.165) is 77.0 Å². The molecule has 0 saturated carbocycles. The van der Waals surface area contributed by atoms with Crippen molar-refractivity contribution in [3.63, 3.8) is 0 Å². The maximum absolute atomic E-state index is 12.6. The molecule has 3 N–H and O–H groups in total. The van der Waals surface area contributed by atoms with Gasteiger partial charge >= 0.3 is 19.8 Å². The molecule has 1 unspecified atom stereocenters. The van der Waals surface area contributed by atoms with Crippen molar-refractivity contribution in [3.8, 4) is 0 Å². The summed E-state index contributed by atoms with van der Waals surface area (Å²) >= 11 is 0. The highest BCUT2D eigenvalue weighted by Gasteiger charge is 2.25. The minimum Gasteiger partial charge on any atom is -0.462 e. The summed E-state index contributed by atoms with van der Waals surface area (Å²) in [6.07, 6.45) is 61.3. The fourth-order valence-corrected chi connectivity index (χ4v) is 6.48. The Morgan fingerprint density at radius 2 is 0.918 bits per heavy atom. The van der Waals surface area contributed by atoms with Gasteiger partial charge < -0.3 is 20.1 Å². The Hall–Kier alpha value is -3.33. The van der Waals surface area contributed by atoms with Gasteiger partial charge in [0.05, 0.1) is 13.2 Å². The van der Waals surface area contributed by atoms with Gasteiger partial charge in [0.2, 0.25) is 0 Å². The topological polar surface area (TPSA) is 134 Å². The minimum atomic E-state index is -4.41. The van der Waals surface area contributed by atoms with Crippen molar-refractivity contribution in [1.82, 2.24) is 0 Å². The van der Waals surface area contributed by atoms with Gasteiger partial charge in [0.15, 0.2) is 6.10 Å². The zero-order valence-electron chi connectivity index (χ0n) is 38.1. The van der Waals surface area contributed by atoms with Crippen LogP contribution in [0.2, 0.25) is 0 Å². The SMILES string of the molecule is CC/C=C/C/C=C/C/C=C/C/C=C/C/C=C/CCCCCC(=O)O[C@H](COC(=O)CCC/C=C/C/C=C/C/C=C/C/C=C/CCCCCCCCC)COP(=O)(O)OCCN. The van der Waals surface area contributed by atoms with Crippen LogP contribution in [0.1, 0.15) is 168 Å². The molecule has 10 heteroatoms. The highest BCUT2D eigenvalue weighted by molar-refractivity contribution is 7.47. The summed E-state index contributed by atoms with van der Waals surface area (Å²) < 4.78 is 32.7. The van der Waals surface area contributed by atoms with E-state index in [1.807, 2.05) is 6.08 Å². The van der Waals surface area contributed by atoms with Gasteiger partial charge in [-0.3, -0.25) is 18.6 Å². The second-order valence-electron chi connectivity index (χ2n) is 14.9. The Morgan fingerprint density at radius 3 is 1.39 bits per heavy atom. The van der Waals surface area contributed by atoms with E-state index < -0.39 is 32.5 Å². The normalized spacial score (nSPS) is 14.2. The number of ether oxygens (including phenoxy) is 2. The number of phosphoric ester groups is 1. The molecule has 2 atom stereocenters. The smallest absolute Gasteiger partial charge is 0.462 e. The molecule has 0 spiro atoms. The lowest BCUT2D eigenvalue weighted by Gasteiger charge is -2.19. The number of hydrogen-bond donors (Lipinski definition) is 2. The van der Waals surface area contributed by atoms with Crippen LogP contribution in [0, 0.1) is 0 Å². The molecule has 0 aromatic heterocycles. The first-order chi connectivity index (χ1) is 29.8. The van der Waals surface area contributed by atoms with E-state index in [-0.39, 0.29) is 32.6 Å². The highest BCUT2D eigenvalue weighted by Crippen LogP contribution is 2.43. The minimum absolute atomic E-state index is 0.0339. The van der Waals surface area contributed by atoms with Crippen LogP contribution >= 0.6 is 7.82 Å². The van der Waals surface area contributed by atoms with E-state index in [0.29, 0.717) is 12.8 Å². The Morgan fingerprint density at radius 1 is 0.508 bits per heavy atom. The number of allylic oxidation sites excluding steroid dienone is 18. The molecule has 61 heavy (non-hydrogen) atoms. The molecule has 9 nitrogen and oxygen atoms in total. The number of esters is 2. The Labute approximate surface area is 371 Å². The van der Waals surface area contributed by atoms with Gasteiger partial charge in [-0.05, 0) is 96.3 Å². The fraction of sp³-hybridized carbons (Fsp3) is 0.608. The quantitative estimate of drug-likeness (QED) is 0.0266. The summed E-state index contributed by atoms with van der Waals surface area (Å²) in [6.45, 7) is 3.49. The van der Waals surface area contributed by atoms with Gasteiger partial charge in [-0.1, -0.05) is 168 Å². The second kappa shape index (κ2) is 46.2. The van der Waals surface area contributed by atoms with Crippen molar-refractivity contribution < 1.29 is 37.6 Å². The lowest BCUT2D eigenvalue weighted by atomic mass is 10.1. The molecule has 0 aliphatic rings. The summed E-state index contributed by atoms with van der Waals surface area (Å²) in [6, 6.07) is 0. The molecule has 0 amide bonds. The van der Waals surface area contributed by atoms with Gasteiger partial charge in [-0.2, -0.15) is 0 Å². The van der Waals surface area contributed by atoms with E-state index in [4.69, 9.17) is 24.3 Å². The number of phosphoric acid groups is 1. The molecule has 0 aliphatic carbocycles. The lowest BCUT2D eigenvalue weighted by molar-refractivity contribution is -0.161. The highest BCUT2D eigenvalue weighted by atomic mass is 31.2. The zero-order valence-corrected chi connectivity index (χ0v) is 39.0. The van der Waals surface area contributed by atoms with Gasteiger partial charge in [0.1, 0.15) is 6.61 Å². The fourth-order valence-electron chi connectivity index (χ4n) is 5.71. The first kappa shape index (κ1) is 57.7.